The molecule has 1 heterocycles. The zero-order valence-corrected chi connectivity index (χ0v) is 19.8. The summed E-state index contributed by atoms with van der Waals surface area (Å²) in [7, 11) is 0. The van der Waals surface area contributed by atoms with E-state index >= 15 is 0 Å². The molecule has 6 heteroatoms. The largest absolute Gasteiger partial charge is 0.507 e. The van der Waals surface area contributed by atoms with E-state index in [2.05, 4.69) is 15.9 Å². The first kappa shape index (κ1) is 22.8. The predicted molar refractivity (Wildman–Crippen MR) is 131 cm³/mol. The van der Waals surface area contributed by atoms with Gasteiger partial charge in [0, 0.05) is 16.6 Å². The Balaban J connectivity index is 1.79. The maximum Gasteiger partial charge on any atom is 0.295 e. The number of ketones is 1. The molecule has 0 saturated carbocycles. The van der Waals surface area contributed by atoms with Gasteiger partial charge >= 0.3 is 0 Å². The van der Waals surface area contributed by atoms with E-state index in [4.69, 9.17) is 4.74 Å². The van der Waals surface area contributed by atoms with Crippen molar-refractivity contribution in [2.45, 2.75) is 25.9 Å². The normalized spacial score (nSPS) is 17.4. The van der Waals surface area contributed by atoms with Crippen molar-refractivity contribution in [3.63, 3.8) is 0 Å². The quantitative estimate of drug-likeness (QED) is 0.248. The van der Waals surface area contributed by atoms with Crippen molar-refractivity contribution in [2.75, 3.05) is 6.61 Å². The van der Waals surface area contributed by atoms with Crippen molar-refractivity contribution in [1.82, 2.24) is 4.90 Å². The number of benzene rings is 3. The lowest BCUT2D eigenvalue weighted by Gasteiger charge is -2.25. The highest BCUT2D eigenvalue weighted by atomic mass is 79.9. The van der Waals surface area contributed by atoms with Crippen LogP contribution in [0.2, 0.25) is 0 Å². The second-order valence-corrected chi connectivity index (χ2v) is 8.76. The Labute approximate surface area is 201 Å². The maximum absolute atomic E-state index is 13.2. The Morgan fingerprint density at radius 2 is 1.73 bits per heavy atom. The number of aliphatic hydroxyl groups excluding tert-OH is 1. The van der Waals surface area contributed by atoms with Gasteiger partial charge in [0.1, 0.15) is 11.5 Å². The number of nitrogens with zero attached hydrogens (tertiary/aromatic N) is 1. The summed E-state index contributed by atoms with van der Waals surface area (Å²) in [6.45, 7) is 2.87. The third-order valence-electron chi connectivity index (χ3n) is 5.50. The van der Waals surface area contributed by atoms with Gasteiger partial charge in [-0.3, -0.25) is 9.59 Å². The summed E-state index contributed by atoms with van der Waals surface area (Å²) in [5.74, 6) is -0.842. The second kappa shape index (κ2) is 10.0. The highest BCUT2D eigenvalue weighted by Gasteiger charge is 2.46. The van der Waals surface area contributed by atoms with Crippen LogP contribution < -0.4 is 4.74 Å². The summed E-state index contributed by atoms with van der Waals surface area (Å²) in [4.78, 5) is 27.8. The minimum atomic E-state index is -0.710. The standard InChI is InChI=1S/C27H24BrNO4/c1-2-15-33-22-13-11-19(12-14-22)25(30)23-24(20-9-6-10-21(28)16-20)29(27(32)26(23)31)17-18-7-4-3-5-8-18/h3-14,16,24,30H,2,15,17H2,1H3/b25-23+. The fourth-order valence-corrected chi connectivity index (χ4v) is 4.35. The number of rotatable bonds is 7. The first-order valence-corrected chi connectivity index (χ1v) is 11.6. The third-order valence-corrected chi connectivity index (χ3v) is 5.99. The van der Waals surface area contributed by atoms with Crippen molar-refractivity contribution in [1.29, 1.82) is 0 Å². The lowest BCUT2D eigenvalue weighted by Crippen LogP contribution is -2.29. The van der Waals surface area contributed by atoms with Crippen LogP contribution in [0.25, 0.3) is 5.76 Å². The second-order valence-electron chi connectivity index (χ2n) is 7.84. The molecular formula is C27H24BrNO4. The summed E-state index contributed by atoms with van der Waals surface area (Å²) in [5, 5.41) is 11.2. The van der Waals surface area contributed by atoms with Gasteiger partial charge in [0.05, 0.1) is 18.2 Å². The van der Waals surface area contributed by atoms with E-state index in [1.54, 1.807) is 24.3 Å². The smallest absolute Gasteiger partial charge is 0.295 e. The van der Waals surface area contributed by atoms with Gasteiger partial charge in [-0.25, -0.2) is 0 Å². The average molecular weight is 506 g/mol. The number of Topliss-reactive ketones (excluding diaryl/α,β-unsaturated/α-hetero) is 1. The number of likely N-dealkylation sites (tertiary alicyclic amines) is 1. The van der Waals surface area contributed by atoms with Crippen LogP contribution in [0.4, 0.5) is 0 Å². The van der Waals surface area contributed by atoms with E-state index in [1.807, 2.05) is 61.5 Å². The van der Waals surface area contributed by atoms with Crippen molar-refractivity contribution in [2.24, 2.45) is 0 Å². The minimum Gasteiger partial charge on any atom is -0.507 e. The van der Waals surface area contributed by atoms with E-state index in [9.17, 15) is 14.7 Å². The van der Waals surface area contributed by atoms with Crippen LogP contribution in [0.3, 0.4) is 0 Å². The first-order chi connectivity index (χ1) is 16.0. The first-order valence-electron chi connectivity index (χ1n) is 10.8. The molecule has 0 aliphatic carbocycles. The van der Waals surface area contributed by atoms with E-state index in [-0.39, 0.29) is 17.9 Å². The molecular weight excluding hydrogens is 482 g/mol. The Hall–Kier alpha value is -3.38. The van der Waals surface area contributed by atoms with Gasteiger partial charge in [0.25, 0.3) is 11.7 Å². The molecule has 0 aromatic heterocycles. The molecule has 33 heavy (non-hydrogen) atoms. The summed E-state index contributed by atoms with van der Waals surface area (Å²) >= 11 is 3.48. The van der Waals surface area contributed by atoms with Gasteiger partial charge in [-0.15, -0.1) is 0 Å². The van der Waals surface area contributed by atoms with Crippen molar-refractivity contribution in [3.8, 4) is 5.75 Å². The molecule has 1 unspecified atom stereocenters. The molecule has 1 amide bonds. The SMILES string of the molecule is CCCOc1ccc(/C(O)=C2\C(=O)C(=O)N(Cc3ccccc3)C2c2cccc(Br)c2)cc1. The fraction of sp³-hybridized carbons (Fsp3) is 0.185. The molecule has 0 bridgehead atoms. The van der Waals surface area contributed by atoms with Crippen LogP contribution in [-0.2, 0) is 16.1 Å². The Morgan fingerprint density at radius 1 is 1.00 bits per heavy atom. The zero-order valence-electron chi connectivity index (χ0n) is 18.2. The molecule has 1 saturated heterocycles. The Bertz CT molecular complexity index is 1190. The molecule has 1 aliphatic rings. The summed E-state index contributed by atoms with van der Waals surface area (Å²) in [6, 6.07) is 23.1. The average Bonchev–Trinajstić information content (AvgIpc) is 3.08. The lowest BCUT2D eigenvalue weighted by molar-refractivity contribution is -0.140. The van der Waals surface area contributed by atoms with Gasteiger partial charge in [0.15, 0.2) is 0 Å². The molecule has 168 valence electrons. The number of amides is 1. The monoisotopic (exact) mass is 505 g/mol. The Kier molecular flexibility index (Phi) is 6.94. The Morgan fingerprint density at radius 3 is 2.39 bits per heavy atom. The zero-order chi connectivity index (χ0) is 23.4. The van der Waals surface area contributed by atoms with Crippen LogP contribution in [0.1, 0.15) is 36.1 Å². The van der Waals surface area contributed by atoms with E-state index in [1.165, 1.54) is 4.90 Å². The number of hydrogen-bond donors (Lipinski definition) is 1. The van der Waals surface area contributed by atoms with Crippen molar-refractivity contribution < 1.29 is 19.4 Å². The summed E-state index contributed by atoms with van der Waals surface area (Å²) < 4.78 is 6.43. The van der Waals surface area contributed by atoms with Crippen LogP contribution in [0.15, 0.2) is 88.9 Å². The van der Waals surface area contributed by atoms with Gasteiger partial charge in [-0.1, -0.05) is 65.3 Å². The molecule has 5 nitrogen and oxygen atoms in total. The van der Waals surface area contributed by atoms with Crippen molar-refractivity contribution in [3.05, 3.63) is 106 Å². The fourth-order valence-electron chi connectivity index (χ4n) is 3.93. The number of carbonyl (C=O) groups is 2. The minimum absolute atomic E-state index is 0.0799. The number of hydrogen-bond acceptors (Lipinski definition) is 4. The van der Waals surface area contributed by atoms with Gasteiger partial charge in [-0.2, -0.15) is 0 Å². The number of carbonyl (C=O) groups excluding carboxylic acids is 2. The molecule has 1 aliphatic heterocycles. The molecule has 3 aromatic rings. The molecule has 0 radical (unpaired) electrons. The van der Waals surface area contributed by atoms with E-state index in [0.717, 1.165) is 22.0 Å². The highest BCUT2D eigenvalue weighted by Crippen LogP contribution is 2.41. The molecule has 1 fully saturated rings. The molecule has 4 rings (SSSR count). The number of aliphatic hydroxyl groups is 1. The summed E-state index contributed by atoms with van der Waals surface area (Å²) in [6.07, 6.45) is 0.888. The van der Waals surface area contributed by atoms with Gasteiger partial charge < -0.3 is 14.7 Å². The van der Waals surface area contributed by atoms with Crippen LogP contribution in [0, 0.1) is 0 Å². The van der Waals surface area contributed by atoms with E-state index < -0.39 is 17.7 Å². The van der Waals surface area contributed by atoms with Crippen LogP contribution in [0.5, 0.6) is 5.75 Å². The van der Waals surface area contributed by atoms with Gasteiger partial charge in [0.2, 0.25) is 0 Å². The lowest BCUT2D eigenvalue weighted by atomic mass is 9.95. The highest BCUT2D eigenvalue weighted by molar-refractivity contribution is 9.10. The molecule has 1 atom stereocenters. The molecule has 3 aromatic carbocycles. The molecule has 0 spiro atoms. The number of halogens is 1. The topological polar surface area (TPSA) is 66.8 Å². The van der Waals surface area contributed by atoms with Gasteiger partial charge in [-0.05, 0) is 53.9 Å². The predicted octanol–water partition coefficient (Wildman–Crippen LogP) is 5.86. The molecule has 1 N–H and O–H groups in total. The van der Waals surface area contributed by atoms with Crippen molar-refractivity contribution >= 4 is 33.4 Å². The number of ether oxygens (including phenoxy) is 1. The third kappa shape index (κ3) is 4.86. The summed E-state index contributed by atoms with van der Waals surface area (Å²) in [5.41, 5.74) is 2.17. The van der Waals surface area contributed by atoms with Crippen LogP contribution in [-0.4, -0.2) is 28.3 Å². The maximum atomic E-state index is 13.2. The van der Waals surface area contributed by atoms with E-state index in [0.29, 0.717) is 17.9 Å². The van der Waals surface area contributed by atoms with Crippen LogP contribution >= 0.6 is 15.9 Å².